The van der Waals surface area contributed by atoms with E-state index in [1.165, 1.54) is 0 Å². The van der Waals surface area contributed by atoms with E-state index < -0.39 is 12.0 Å². The molecule has 2 fully saturated rings. The van der Waals surface area contributed by atoms with E-state index in [-0.39, 0.29) is 37.3 Å². The van der Waals surface area contributed by atoms with Crippen molar-refractivity contribution in [2.75, 3.05) is 6.54 Å². The fraction of sp³-hybridized carbons (Fsp3) is 0.889. The second-order valence-electron chi connectivity index (χ2n) is 4.13. The third-order valence-corrected chi connectivity index (χ3v) is 2.88. The van der Waals surface area contributed by atoms with E-state index >= 15 is 0 Å². The summed E-state index contributed by atoms with van der Waals surface area (Å²) in [6, 6.07) is -0.482. The molecule has 1 saturated heterocycles. The van der Waals surface area contributed by atoms with Crippen LogP contribution in [-0.2, 0) is 4.79 Å². The van der Waals surface area contributed by atoms with Crippen LogP contribution in [-0.4, -0.2) is 30.5 Å². The van der Waals surface area contributed by atoms with Gasteiger partial charge in [0.2, 0.25) is 5.91 Å². The molecule has 1 aliphatic carbocycles. The zero-order valence-electron chi connectivity index (χ0n) is 8.26. The highest BCUT2D eigenvalue weighted by Gasteiger charge is 2.42. The molecule has 1 heterocycles. The summed E-state index contributed by atoms with van der Waals surface area (Å²) in [5.74, 6) is -2.99. The molecule has 0 spiro atoms. The van der Waals surface area contributed by atoms with Crippen molar-refractivity contribution in [2.24, 2.45) is 0 Å². The Labute approximate surface area is 93.4 Å². The SMILES string of the molecule is Cl.O=C(NC1CCC1)[C@@H]1CC(F)(F)CN1. The topological polar surface area (TPSA) is 41.1 Å². The summed E-state index contributed by atoms with van der Waals surface area (Å²) in [7, 11) is 0. The van der Waals surface area contributed by atoms with Crippen LogP contribution in [0.3, 0.4) is 0 Å². The van der Waals surface area contributed by atoms with Crippen molar-refractivity contribution in [1.29, 1.82) is 0 Å². The highest BCUT2D eigenvalue weighted by molar-refractivity contribution is 5.85. The zero-order valence-corrected chi connectivity index (χ0v) is 9.08. The number of rotatable bonds is 2. The van der Waals surface area contributed by atoms with Crippen molar-refractivity contribution in [1.82, 2.24) is 10.6 Å². The number of nitrogens with one attached hydrogen (secondary N) is 2. The second-order valence-corrected chi connectivity index (χ2v) is 4.13. The van der Waals surface area contributed by atoms with Gasteiger partial charge in [0.15, 0.2) is 0 Å². The Hall–Kier alpha value is -0.420. The third kappa shape index (κ3) is 3.01. The molecule has 1 atom stereocenters. The molecule has 0 bridgehead atoms. The van der Waals surface area contributed by atoms with Crippen LogP contribution >= 0.6 is 12.4 Å². The minimum absolute atomic E-state index is 0. The highest BCUT2D eigenvalue weighted by Crippen LogP contribution is 2.26. The molecular weight excluding hydrogens is 226 g/mol. The summed E-state index contributed by atoms with van der Waals surface area (Å²) < 4.78 is 25.5. The Morgan fingerprint density at radius 3 is 2.47 bits per heavy atom. The summed E-state index contributed by atoms with van der Waals surface area (Å²) in [4.78, 5) is 11.4. The van der Waals surface area contributed by atoms with Crippen LogP contribution in [0.4, 0.5) is 8.78 Å². The molecule has 0 radical (unpaired) electrons. The lowest BCUT2D eigenvalue weighted by molar-refractivity contribution is -0.124. The summed E-state index contributed by atoms with van der Waals surface area (Å²) in [6.45, 7) is -0.379. The van der Waals surface area contributed by atoms with E-state index in [2.05, 4.69) is 10.6 Å². The van der Waals surface area contributed by atoms with Crippen LogP contribution in [0.1, 0.15) is 25.7 Å². The Balaban J connectivity index is 0.00000112. The molecule has 2 rings (SSSR count). The molecule has 6 heteroatoms. The van der Waals surface area contributed by atoms with Gasteiger partial charge in [-0.3, -0.25) is 10.1 Å². The molecule has 15 heavy (non-hydrogen) atoms. The lowest BCUT2D eigenvalue weighted by Crippen LogP contribution is -2.47. The number of hydrogen-bond acceptors (Lipinski definition) is 2. The smallest absolute Gasteiger partial charge is 0.262 e. The van der Waals surface area contributed by atoms with Crippen LogP contribution in [0.2, 0.25) is 0 Å². The number of alkyl halides is 2. The highest BCUT2D eigenvalue weighted by atomic mass is 35.5. The van der Waals surface area contributed by atoms with E-state index in [1.54, 1.807) is 0 Å². The average Bonchev–Trinajstić information content (AvgIpc) is 2.38. The molecular formula is C9H15ClF2N2O. The van der Waals surface area contributed by atoms with Crippen LogP contribution in [0.15, 0.2) is 0 Å². The van der Waals surface area contributed by atoms with Gasteiger partial charge in [0.05, 0.1) is 12.6 Å². The minimum Gasteiger partial charge on any atom is -0.352 e. The van der Waals surface area contributed by atoms with Crippen molar-refractivity contribution < 1.29 is 13.6 Å². The second kappa shape index (κ2) is 4.61. The molecule has 1 aliphatic heterocycles. The first-order chi connectivity index (χ1) is 6.57. The predicted octanol–water partition coefficient (Wildman–Crippen LogP) is 1.07. The molecule has 0 aromatic carbocycles. The largest absolute Gasteiger partial charge is 0.352 e. The van der Waals surface area contributed by atoms with Gasteiger partial charge in [-0.15, -0.1) is 12.4 Å². The van der Waals surface area contributed by atoms with E-state index in [0.29, 0.717) is 0 Å². The van der Waals surface area contributed by atoms with Crippen molar-refractivity contribution >= 4 is 18.3 Å². The summed E-state index contributed by atoms with van der Waals surface area (Å²) in [5.41, 5.74) is 0. The van der Waals surface area contributed by atoms with Crippen molar-refractivity contribution in [3.05, 3.63) is 0 Å². The van der Waals surface area contributed by atoms with Crippen LogP contribution < -0.4 is 10.6 Å². The first kappa shape index (κ1) is 12.6. The van der Waals surface area contributed by atoms with E-state index in [4.69, 9.17) is 0 Å². The lowest BCUT2D eigenvalue weighted by atomic mass is 9.93. The minimum atomic E-state index is -2.72. The molecule has 0 unspecified atom stereocenters. The monoisotopic (exact) mass is 240 g/mol. The number of carbonyl (C=O) groups excluding carboxylic acids is 1. The summed E-state index contributed by atoms with van der Waals surface area (Å²) >= 11 is 0. The molecule has 0 aromatic rings. The van der Waals surface area contributed by atoms with Gasteiger partial charge in [-0.1, -0.05) is 0 Å². The van der Waals surface area contributed by atoms with Crippen LogP contribution in [0.25, 0.3) is 0 Å². The first-order valence-corrected chi connectivity index (χ1v) is 4.98. The predicted molar refractivity (Wildman–Crippen MR) is 54.4 cm³/mol. The van der Waals surface area contributed by atoms with Gasteiger partial charge in [-0.25, -0.2) is 8.78 Å². The van der Waals surface area contributed by atoms with Crippen molar-refractivity contribution in [2.45, 2.75) is 43.7 Å². The van der Waals surface area contributed by atoms with Gasteiger partial charge in [0.25, 0.3) is 5.92 Å². The molecule has 0 aromatic heterocycles. The normalized spacial score (nSPS) is 29.1. The van der Waals surface area contributed by atoms with Gasteiger partial charge < -0.3 is 5.32 Å². The molecule has 1 saturated carbocycles. The Morgan fingerprint density at radius 2 is 2.07 bits per heavy atom. The summed E-state index contributed by atoms with van der Waals surface area (Å²) in [6.07, 6.45) is 2.72. The molecule has 88 valence electrons. The quantitative estimate of drug-likeness (QED) is 0.758. The van der Waals surface area contributed by atoms with Crippen LogP contribution in [0.5, 0.6) is 0 Å². The summed E-state index contributed by atoms with van der Waals surface area (Å²) in [5, 5.41) is 5.30. The van der Waals surface area contributed by atoms with Gasteiger partial charge >= 0.3 is 0 Å². The zero-order chi connectivity index (χ0) is 10.2. The molecule has 1 amide bonds. The van der Waals surface area contributed by atoms with Crippen LogP contribution in [0, 0.1) is 0 Å². The van der Waals surface area contributed by atoms with Crippen molar-refractivity contribution in [3.8, 4) is 0 Å². The fourth-order valence-corrected chi connectivity index (χ4v) is 1.76. The van der Waals surface area contributed by atoms with Gasteiger partial charge in [-0.2, -0.15) is 0 Å². The van der Waals surface area contributed by atoms with Gasteiger partial charge in [0, 0.05) is 12.5 Å². The number of hydrogen-bond donors (Lipinski definition) is 2. The van der Waals surface area contributed by atoms with E-state index in [9.17, 15) is 13.6 Å². The Morgan fingerprint density at radius 1 is 1.40 bits per heavy atom. The lowest BCUT2D eigenvalue weighted by Gasteiger charge is -2.27. The molecule has 2 N–H and O–H groups in total. The fourth-order valence-electron chi connectivity index (χ4n) is 1.76. The molecule has 2 aliphatic rings. The first-order valence-electron chi connectivity index (χ1n) is 4.98. The van der Waals surface area contributed by atoms with Gasteiger partial charge in [-0.05, 0) is 19.3 Å². The van der Waals surface area contributed by atoms with E-state index in [0.717, 1.165) is 19.3 Å². The molecule has 3 nitrogen and oxygen atoms in total. The average molecular weight is 241 g/mol. The van der Waals surface area contributed by atoms with E-state index in [1.807, 2.05) is 0 Å². The number of halogens is 3. The maximum Gasteiger partial charge on any atom is 0.262 e. The maximum atomic E-state index is 12.7. The Kier molecular flexibility index (Phi) is 3.89. The Bertz CT molecular complexity index is 246. The maximum absolute atomic E-state index is 12.7. The number of carbonyl (C=O) groups is 1. The standard InChI is InChI=1S/C9H14F2N2O.ClH/c10-9(11)4-7(12-5-9)8(14)13-6-2-1-3-6;/h6-7,12H,1-5H2,(H,13,14);1H/t7-;/m0./s1. The van der Waals surface area contributed by atoms with Gasteiger partial charge in [0.1, 0.15) is 0 Å². The van der Waals surface area contributed by atoms with Crippen molar-refractivity contribution in [3.63, 3.8) is 0 Å². The number of amides is 1. The third-order valence-electron chi connectivity index (χ3n) is 2.88.